The molecule has 0 aromatic heterocycles. The fourth-order valence-electron chi connectivity index (χ4n) is 2.77. The smallest absolute Gasteiger partial charge is 0.191 e. The highest BCUT2D eigenvalue weighted by Crippen LogP contribution is 2.28. The Hall–Kier alpha value is -0.0400. The standard InChI is InChI=1S/C14H28N4.HI/c1-11-10-13(11)17-14(15-2)16-8-9-18(3)12-6-4-5-7-12;/h11-13H,4-10H2,1-3H3,(H2,15,16,17);1H. The first-order valence-corrected chi connectivity index (χ1v) is 7.38. The molecule has 0 amide bonds. The molecule has 0 aromatic carbocycles. The average molecular weight is 380 g/mol. The van der Waals surface area contributed by atoms with Crippen molar-refractivity contribution in [2.45, 2.75) is 51.1 Å². The van der Waals surface area contributed by atoms with E-state index in [0.29, 0.717) is 6.04 Å². The van der Waals surface area contributed by atoms with Crippen LogP contribution >= 0.6 is 24.0 Å². The summed E-state index contributed by atoms with van der Waals surface area (Å²) in [5.41, 5.74) is 0. The first-order chi connectivity index (χ1) is 8.70. The van der Waals surface area contributed by atoms with Gasteiger partial charge < -0.3 is 15.5 Å². The summed E-state index contributed by atoms with van der Waals surface area (Å²) in [5, 5.41) is 6.87. The van der Waals surface area contributed by atoms with Crippen molar-refractivity contribution in [3.05, 3.63) is 0 Å². The highest BCUT2D eigenvalue weighted by Gasteiger charge is 2.33. The van der Waals surface area contributed by atoms with Gasteiger partial charge in [-0.15, -0.1) is 24.0 Å². The lowest BCUT2D eigenvalue weighted by Crippen LogP contribution is -2.43. The van der Waals surface area contributed by atoms with E-state index < -0.39 is 0 Å². The number of nitrogens with one attached hydrogen (secondary N) is 2. The number of likely N-dealkylation sites (N-methyl/N-ethyl adjacent to an activating group) is 1. The average Bonchev–Trinajstić information content (AvgIpc) is 2.86. The summed E-state index contributed by atoms with van der Waals surface area (Å²) in [7, 11) is 4.10. The Labute approximate surface area is 134 Å². The Morgan fingerprint density at radius 3 is 2.47 bits per heavy atom. The number of aliphatic imine (C=N–C) groups is 1. The van der Waals surface area contributed by atoms with Gasteiger partial charge >= 0.3 is 0 Å². The second-order valence-electron chi connectivity index (χ2n) is 5.88. The largest absolute Gasteiger partial charge is 0.355 e. The molecule has 0 aromatic rings. The molecule has 0 radical (unpaired) electrons. The lowest BCUT2D eigenvalue weighted by molar-refractivity contribution is 0.249. The monoisotopic (exact) mass is 380 g/mol. The van der Waals surface area contributed by atoms with Crippen LogP contribution < -0.4 is 10.6 Å². The van der Waals surface area contributed by atoms with Crippen molar-refractivity contribution in [3.63, 3.8) is 0 Å². The van der Waals surface area contributed by atoms with Crippen molar-refractivity contribution >= 4 is 29.9 Å². The van der Waals surface area contributed by atoms with Crippen LogP contribution in [0.2, 0.25) is 0 Å². The lowest BCUT2D eigenvalue weighted by Gasteiger charge is -2.24. The molecule has 2 rings (SSSR count). The molecular weight excluding hydrogens is 351 g/mol. The predicted molar refractivity (Wildman–Crippen MR) is 92.4 cm³/mol. The fraction of sp³-hybridized carbons (Fsp3) is 0.929. The van der Waals surface area contributed by atoms with Crippen molar-refractivity contribution in [2.75, 3.05) is 27.2 Å². The Morgan fingerprint density at radius 2 is 1.95 bits per heavy atom. The molecule has 0 aliphatic heterocycles. The molecule has 0 saturated heterocycles. The van der Waals surface area contributed by atoms with E-state index in [0.717, 1.165) is 31.0 Å². The number of rotatable bonds is 5. The normalized spacial score (nSPS) is 27.3. The van der Waals surface area contributed by atoms with Crippen molar-refractivity contribution in [1.82, 2.24) is 15.5 Å². The highest BCUT2D eigenvalue weighted by molar-refractivity contribution is 14.0. The minimum absolute atomic E-state index is 0. The number of halogens is 1. The minimum Gasteiger partial charge on any atom is -0.355 e. The summed E-state index contributed by atoms with van der Waals surface area (Å²) in [6.45, 7) is 4.36. The summed E-state index contributed by atoms with van der Waals surface area (Å²) in [6, 6.07) is 1.45. The van der Waals surface area contributed by atoms with E-state index in [9.17, 15) is 0 Å². The van der Waals surface area contributed by atoms with Gasteiger partial charge in [-0.25, -0.2) is 0 Å². The SMILES string of the molecule is CN=C(NCCN(C)C1CCCC1)NC1CC1C.I. The Kier molecular flexibility index (Phi) is 7.42. The highest BCUT2D eigenvalue weighted by atomic mass is 127. The van der Waals surface area contributed by atoms with Crippen molar-refractivity contribution in [3.8, 4) is 0 Å². The summed E-state index contributed by atoms with van der Waals surface area (Å²) in [4.78, 5) is 6.77. The van der Waals surface area contributed by atoms with Gasteiger partial charge in [-0.3, -0.25) is 4.99 Å². The van der Waals surface area contributed by atoms with Gasteiger partial charge in [0, 0.05) is 32.2 Å². The van der Waals surface area contributed by atoms with E-state index in [4.69, 9.17) is 0 Å². The topological polar surface area (TPSA) is 39.7 Å². The van der Waals surface area contributed by atoms with Crippen molar-refractivity contribution in [2.24, 2.45) is 10.9 Å². The molecule has 2 fully saturated rings. The van der Waals surface area contributed by atoms with E-state index >= 15 is 0 Å². The molecule has 2 aliphatic carbocycles. The van der Waals surface area contributed by atoms with Crippen LogP contribution in [0.5, 0.6) is 0 Å². The maximum Gasteiger partial charge on any atom is 0.191 e. The first kappa shape index (κ1) is 17.0. The van der Waals surface area contributed by atoms with Gasteiger partial charge in [0.25, 0.3) is 0 Å². The summed E-state index contributed by atoms with van der Waals surface area (Å²) in [6.07, 6.45) is 6.85. The van der Waals surface area contributed by atoms with Crippen LogP contribution in [-0.4, -0.2) is 50.1 Å². The van der Waals surface area contributed by atoms with Gasteiger partial charge in [0.1, 0.15) is 0 Å². The molecule has 5 heteroatoms. The van der Waals surface area contributed by atoms with Crippen LogP contribution in [0.15, 0.2) is 4.99 Å². The molecule has 4 nitrogen and oxygen atoms in total. The van der Waals surface area contributed by atoms with E-state index in [1.165, 1.54) is 32.1 Å². The summed E-state index contributed by atoms with van der Waals surface area (Å²) >= 11 is 0. The van der Waals surface area contributed by atoms with Crippen LogP contribution in [0.4, 0.5) is 0 Å². The van der Waals surface area contributed by atoms with Crippen LogP contribution in [0, 0.1) is 5.92 Å². The Balaban J connectivity index is 0.00000180. The van der Waals surface area contributed by atoms with Crippen LogP contribution in [0.25, 0.3) is 0 Å². The van der Waals surface area contributed by atoms with Gasteiger partial charge in [0.05, 0.1) is 0 Å². The molecule has 112 valence electrons. The minimum atomic E-state index is 0. The zero-order valence-electron chi connectivity index (χ0n) is 12.5. The number of hydrogen-bond donors (Lipinski definition) is 2. The second-order valence-corrected chi connectivity index (χ2v) is 5.88. The maximum absolute atomic E-state index is 4.27. The van der Waals surface area contributed by atoms with Gasteiger partial charge in [-0.1, -0.05) is 19.8 Å². The first-order valence-electron chi connectivity index (χ1n) is 7.38. The molecule has 2 aliphatic rings. The third-order valence-electron chi connectivity index (χ3n) is 4.36. The van der Waals surface area contributed by atoms with E-state index in [1.54, 1.807) is 0 Å². The second kappa shape index (κ2) is 8.29. The zero-order valence-corrected chi connectivity index (χ0v) is 14.8. The van der Waals surface area contributed by atoms with Gasteiger partial charge in [0.15, 0.2) is 5.96 Å². The molecule has 0 bridgehead atoms. The molecule has 2 saturated carbocycles. The summed E-state index contributed by atoms with van der Waals surface area (Å²) in [5.74, 6) is 1.77. The molecule has 0 heterocycles. The van der Waals surface area contributed by atoms with E-state index in [-0.39, 0.29) is 24.0 Å². The molecule has 0 spiro atoms. The molecule has 2 N–H and O–H groups in total. The van der Waals surface area contributed by atoms with E-state index in [1.807, 2.05) is 7.05 Å². The summed E-state index contributed by atoms with van der Waals surface area (Å²) < 4.78 is 0. The number of nitrogens with zero attached hydrogens (tertiary/aromatic N) is 2. The fourth-order valence-corrected chi connectivity index (χ4v) is 2.77. The van der Waals surface area contributed by atoms with Crippen LogP contribution in [0.3, 0.4) is 0 Å². The predicted octanol–water partition coefficient (Wildman–Crippen LogP) is 2.05. The third kappa shape index (κ3) is 5.45. The Bertz CT molecular complexity index is 289. The third-order valence-corrected chi connectivity index (χ3v) is 4.36. The number of guanidine groups is 1. The number of hydrogen-bond acceptors (Lipinski definition) is 2. The van der Waals surface area contributed by atoms with Gasteiger partial charge in [-0.05, 0) is 32.2 Å². The van der Waals surface area contributed by atoms with Gasteiger partial charge in [0.2, 0.25) is 0 Å². The zero-order chi connectivity index (χ0) is 13.0. The van der Waals surface area contributed by atoms with Crippen LogP contribution in [-0.2, 0) is 0 Å². The molecular formula is C14H29IN4. The molecule has 19 heavy (non-hydrogen) atoms. The van der Waals surface area contributed by atoms with Crippen LogP contribution in [0.1, 0.15) is 39.0 Å². The quantitative estimate of drug-likeness (QED) is 0.436. The molecule has 2 atom stereocenters. The van der Waals surface area contributed by atoms with E-state index in [2.05, 4.69) is 34.5 Å². The lowest BCUT2D eigenvalue weighted by atomic mass is 10.2. The molecule has 2 unspecified atom stereocenters. The van der Waals surface area contributed by atoms with Crippen molar-refractivity contribution < 1.29 is 0 Å². The maximum atomic E-state index is 4.27. The van der Waals surface area contributed by atoms with Crippen molar-refractivity contribution in [1.29, 1.82) is 0 Å². The Morgan fingerprint density at radius 1 is 1.32 bits per heavy atom. The van der Waals surface area contributed by atoms with Gasteiger partial charge in [-0.2, -0.15) is 0 Å².